The Morgan fingerprint density at radius 2 is 2.00 bits per heavy atom. The largest absolute Gasteiger partial charge is 0.477 e. The minimum atomic E-state index is -1.06. The van der Waals surface area contributed by atoms with E-state index in [1.807, 2.05) is 0 Å². The van der Waals surface area contributed by atoms with Crippen LogP contribution >= 0.6 is 0 Å². The maximum absolute atomic E-state index is 11.1. The zero-order valence-corrected chi connectivity index (χ0v) is 10.1. The highest BCUT2D eigenvalue weighted by Gasteiger charge is 2.22. The Hall–Kier alpha value is -2.50. The van der Waals surface area contributed by atoms with Crippen LogP contribution in [0, 0.1) is 0 Å². The van der Waals surface area contributed by atoms with E-state index in [4.69, 9.17) is 5.11 Å². The topological polar surface area (TPSA) is 88.0 Å². The molecule has 0 spiro atoms. The fraction of sp³-hybridized carbons (Fsp3) is 0.231. The predicted molar refractivity (Wildman–Crippen MR) is 68.9 cm³/mol. The molecule has 1 fully saturated rings. The number of nitrogens with one attached hydrogen (secondary N) is 1. The van der Waals surface area contributed by atoms with Crippen LogP contribution in [0.3, 0.4) is 0 Å². The smallest absolute Gasteiger partial charge is 0.354 e. The van der Waals surface area contributed by atoms with Crippen LogP contribution in [0.25, 0.3) is 11.4 Å². The number of pyridine rings is 1. The van der Waals surface area contributed by atoms with Gasteiger partial charge in [0.1, 0.15) is 5.82 Å². The molecule has 2 aromatic rings. The number of aromatic nitrogens is 3. The highest BCUT2D eigenvalue weighted by Crippen LogP contribution is 2.25. The van der Waals surface area contributed by atoms with E-state index in [0.29, 0.717) is 17.7 Å². The first kappa shape index (κ1) is 11.6. The Morgan fingerprint density at radius 1 is 1.26 bits per heavy atom. The number of carboxylic acids is 1. The van der Waals surface area contributed by atoms with Crippen LogP contribution < -0.4 is 5.32 Å². The van der Waals surface area contributed by atoms with Crippen molar-refractivity contribution in [1.29, 1.82) is 0 Å². The Bertz CT molecular complexity index is 611. The Morgan fingerprint density at radius 3 is 2.63 bits per heavy atom. The molecule has 96 valence electrons. The van der Waals surface area contributed by atoms with E-state index < -0.39 is 5.97 Å². The maximum atomic E-state index is 11.1. The molecule has 0 saturated heterocycles. The van der Waals surface area contributed by atoms with Gasteiger partial charge in [-0.15, -0.1) is 0 Å². The second kappa shape index (κ2) is 4.64. The summed E-state index contributed by atoms with van der Waals surface area (Å²) in [5, 5.41) is 12.3. The third-order valence-corrected chi connectivity index (χ3v) is 2.81. The molecule has 3 rings (SSSR count). The molecule has 0 aliphatic heterocycles. The summed E-state index contributed by atoms with van der Waals surface area (Å²) in [6.45, 7) is 0. The first-order chi connectivity index (χ1) is 9.22. The van der Waals surface area contributed by atoms with Gasteiger partial charge in [0.25, 0.3) is 0 Å². The monoisotopic (exact) mass is 256 g/mol. The van der Waals surface area contributed by atoms with Crippen LogP contribution in [0.1, 0.15) is 23.3 Å². The van der Waals surface area contributed by atoms with Crippen molar-refractivity contribution < 1.29 is 9.90 Å². The summed E-state index contributed by atoms with van der Waals surface area (Å²) in [4.78, 5) is 23.4. The lowest BCUT2D eigenvalue weighted by atomic mass is 10.2. The molecule has 0 amide bonds. The number of aromatic carboxylic acids is 1. The molecule has 0 bridgehead atoms. The minimum absolute atomic E-state index is 0.00929. The minimum Gasteiger partial charge on any atom is -0.477 e. The lowest BCUT2D eigenvalue weighted by molar-refractivity contribution is 0.0690. The van der Waals surface area contributed by atoms with E-state index in [-0.39, 0.29) is 5.69 Å². The van der Waals surface area contributed by atoms with Gasteiger partial charge in [0.15, 0.2) is 11.5 Å². The Kier molecular flexibility index (Phi) is 2.83. The van der Waals surface area contributed by atoms with Gasteiger partial charge in [0.2, 0.25) is 0 Å². The van der Waals surface area contributed by atoms with Crippen molar-refractivity contribution in [2.45, 2.75) is 18.9 Å². The molecule has 0 aromatic carbocycles. The van der Waals surface area contributed by atoms with Crippen molar-refractivity contribution in [2.24, 2.45) is 0 Å². The number of hydrogen-bond acceptors (Lipinski definition) is 5. The van der Waals surface area contributed by atoms with Gasteiger partial charge in [-0.2, -0.15) is 0 Å². The third kappa shape index (κ3) is 2.67. The summed E-state index contributed by atoms with van der Waals surface area (Å²) in [7, 11) is 0. The van der Waals surface area contributed by atoms with E-state index in [1.165, 1.54) is 6.07 Å². The highest BCUT2D eigenvalue weighted by molar-refractivity contribution is 5.87. The zero-order chi connectivity index (χ0) is 13.2. The lowest BCUT2D eigenvalue weighted by Crippen LogP contribution is -2.09. The van der Waals surface area contributed by atoms with Crippen LogP contribution in [-0.2, 0) is 0 Å². The summed E-state index contributed by atoms with van der Waals surface area (Å²) in [5.41, 5.74) is 0.738. The molecular weight excluding hydrogens is 244 g/mol. The van der Waals surface area contributed by atoms with Crippen LogP contribution in [0.5, 0.6) is 0 Å². The van der Waals surface area contributed by atoms with Crippen LogP contribution in [0.2, 0.25) is 0 Å². The second-order valence-electron chi connectivity index (χ2n) is 4.42. The van der Waals surface area contributed by atoms with Gasteiger partial charge < -0.3 is 10.4 Å². The van der Waals surface area contributed by atoms with E-state index in [9.17, 15) is 4.79 Å². The molecule has 0 unspecified atom stereocenters. The van der Waals surface area contributed by atoms with E-state index >= 15 is 0 Å². The van der Waals surface area contributed by atoms with Gasteiger partial charge in [0.05, 0.1) is 0 Å². The van der Waals surface area contributed by atoms with Gasteiger partial charge in [-0.1, -0.05) is 0 Å². The number of carbonyl (C=O) groups is 1. The molecule has 0 radical (unpaired) electrons. The standard InChI is InChI=1S/C13H12N4O2/c18-13(19)10-7-11(15-9-1-2-9)17-12(16-10)8-3-5-14-6-4-8/h3-7,9H,1-2H2,(H,18,19)(H,15,16,17). The lowest BCUT2D eigenvalue weighted by Gasteiger charge is -2.07. The maximum Gasteiger partial charge on any atom is 0.354 e. The zero-order valence-electron chi connectivity index (χ0n) is 10.1. The number of hydrogen-bond donors (Lipinski definition) is 2. The Labute approximate surface area is 109 Å². The summed E-state index contributed by atoms with van der Waals surface area (Å²) >= 11 is 0. The molecular formula is C13H12N4O2. The fourth-order valence-corrected chi connectivity index (χ4v) is 1.70. The summed E-state index contributed by atoms with van der Waals surface area (Å²) in [6.07, 6.45) is 5.44. The summed E-state index contributed by atoms with van der Waals surface area (Å²) in [6, 6.07) is 5.37. The van der Waals surface area contributed by atoms with Crippen LogP contribution in [0.15, 0.2) is 30.6 Å². The number of rotatable bonds is 4. The van der Waals surface area contributed by atoms with E-state index in [2.05, 4.69) is 20.3 Å². The van der Waals surface area contributed by atoms with E-state index in [0.717, 1.165) is 18.4 Å². The molecule has 0 atom stereocenters. The molecule has 2 aromatic heterocycles. The normalized spacial score (nSPS) is 14.1. The number of anilines is 1. The second-order valence-corrected chi connectivity index (χ2v) is 4.42. The molecule has 6 heteroatoms. The quantitative estimate of drug-likeness (QED) is 0.867. The highest BCUT2D eigenvalue weighted by atomic mass is 16.4. The average Bonchev–Trinajstić information content (AvgIpc) is 3.23. The van der Waals surface area contributed by atoms with Crippen LogP contribution in [0.4, 0.5) is 5.82 Å². The van der Waals surface area contributed by atoms with Gasteiger partial charge in [-0.25, -0.2) is 14.8 Å². The number of nitrogens with zero attached hydrogens (tertiary/aromatic N) is 3. The molecule has 1 aliphatic carbocycles. The van der Waals surface area contributed by atoms with Crippen molar-refractivity contribution in [2.75, 3.05) is 5.32 Å². The van der Waals surface area contributed by atoms with Crippen LogP contribution in [-0.4, -0.2) is 32.1 Å². The van der Waals surface area contributed by atoms with Crippen molar-refractivity contribution in [3.05, 3.63) is 36.3 Å². The molecule has 1 aliphatic rings. The number of carboxylic acid groups (broad SMARTS) is 1. The van der Waals surface area contributed by atoms with Gasteiger partial charge in [-0.05, 0) is 25.0 Å². The van der Waals surface area contributed by atoms with Crippen molar-refractivity contribution in [1.82, 2.24) is 15.0 Å². The first-order valence-corrected chi connectivity index (χ1v) is 6.02. The average molecular weight is 256 g/mol. The van der Waals surface area contributed by atoms with Gasteiger partial charge in [0, 0.05) is 30.1 Å². The summed E-state index contributed by atoms with van der Waals surface area (Å²) in [5.74, 6) is -0.108. The Balaban J connectivity index is 2.02. The van der Waals surface area contributed by atoms with Gasteiger partial charge >= 0.3 is 5.97 Å². The third-order valence-electron chi connectivity index (χ3n) is 2.81. The van der Waals surface area contributed by atoms with Crippen molar-refractivity contribution >= 4 is 11.8 Å². The summed E-state index contributed by atoms with van der Waals surface area (Å²) < 4.78 is 0. The fourth-order valence-electron chi connectivity index (χ4n) is 1.70. The predicted octanol–water partition coefficient (Wildman–Crippen LogP) is 1.81. The van der Waals surface area contributed by atoms with Crippen molar-refractivity contribution in [3.63, 3.8) is 0 Å². The van der Waals surface area contributed by atoms with Crippen molar-refractivity contribution in [3.8, 4) is 11.4 Å². The molecule has 19 heavy (non-hydrogen) atoms. The molecule has 1 saturated carbocycles. The van der Waals surface area contributed by atoms with E-state index in [1.54, 1.807) is 24.5 Å². The molecule has 2 N–H and O–H groups in total. The molecule has 6 nitrogen and oxygen atoms in total. The first-order valence-electron chi connectivity index (χ1n) is 6.02. The molecule has 2 heterocycles. The SMILES string of the molecule is O=C(O)c1cc(NC2CC2)nc(-c2ccncc2)n1. The van der Waals surface area contributed by atoms with Gasteiger partial charge in [-0.3, -0.25) is 4.98 Å².